The number of hydrogen-bond donors (Lipinski definition) is 1. The van der Waals surface area contributed by atoms with Crippen LogP contribution in [0.2, 0.25) is 0 Å². The summed E-state index contributed by atoms with van der Waals surface area (Å²) in [6.45, 7) is 7.67. The zero-order chi connectivity index (χ0) is 22.5. The molecular weight excluding hydrogens is 395 g/mol. The number of amides is 2. The molecule has 0 aliphatic carbocycles. The Balaban J connectivity index is 2.10. The maximum absolute atomic E-state index is 13.2. The lowest BCUT2D eigenvalue weighted by molar-refractivity contribution is -0.142. The molecule has 1 heterocycles. The highest BCUT2D eigenvalue weighted by Crippen LogP contribution is 2.32. The standard InChI is InChI=1S/C22H32F3N3O2/c1-4-6-18(20(26)29)19(13-15(2)3)21(30)28-11-9-27(10-12-28)17-8-5-7-16(14-17)22(23,24)25/h5,7-8,14-15,18-19H,4,6,9-13H2,1-3H3,(H2,26,29). The van der Waals surface area contributed by atoms with Crippen LogP contribution in [0.1, 0.15) is 45.6 Å². The molecule has 1 aliphatic rings. The highest BCUT2D eigenvalue weighted by Gasteiger charge is 2.36. The number of nitrogens with two attached hydrogens (primary N) is 1. The summed E-state index contributed by atoms with van der Waals surface area (Å²) in [5.74, 6) is -1.24. The fraction of sp³-hybridized carbons (Fsp3) is 0.636. The normalized spacial score (nSPS) is 17.2. The predicted molar refractivity (Wildman–Crippen MR) is 111 cm³/mol. The van der Waals surface area contributed by atoms with E-state index in [1.807, 2.05) is 25.7 Å². The van der Waals surface area contributed by atoms with Crippen molar-refractivity contribution < 1.29 is 22.8 Å². The van der Waals surface area contributed by atoms with Crippen LogP contribution >= 0.6 is 0 Å². The number of anilines is 1. The fourth-order valence-corrected chi connectivity index (χ4v) is 4.10. The van der Waals surface area contributed by atoms with E-state index >= 15 is 0 Å². The van der Waals surface area contributed by atoms with Crippen LogP contribution in [0.4, 0.5) is 18.9 Å². The van der Waals surface area contributed by atoms with Gasteiger partial charge in [0, 0.05) is 43.7 Å². The summed E-state index contributed by atoms with van der Waals surface area (Å²) in [7, 11) is 0. The molecule has 0 spiro atoms. The summed E-state index contributed by atoms with van der Waals surface area (Å²) in [6, 6.07) is 5.25. The van der Waals surface area contributed by atoms with E-state index in [1.54, 1.807) is 11.0 Å². The van der Waals surface area contributed by atoms with Gasteiger partial charge in [0.25, 0.3) is 0 Å². The number of carbonyl (C=O) groups excluding carboxylic acids is 2. The lowest BCUT2D eigenvalue weighted by Crippen LogP contribution is -2.52. The molecule has 1 aromatic rings. The Morgan fingerprint density at radius 3 is 2.23 bits per heavy atom. The zero-order valence-electron chi connectivity index (χ0n) is 17.9. The first-order valence-corrected chi connectivity index (χ1v) is 10.5. The van der Waals surface area contributed by atoms with Gasteiger partial charge >= 0.3 is 6.18 Å². The lowest BCUT2D eigenvalue weighted by atomic mass is 9.81. The number of alkyl halides is 3. The fourth-order valence-electron chi connectivity index (χ4n) is 4.10. The van der Waals surface area contributed by atoms with Crippen molar-refractivity contribution in [2.75, 3.05) is 31.1 Å². The van der Waals surface area contributed by atoms with E-state index in [2.05, 4.69) is 0 Å². The zero-order valence-corrected chi connectivity index (χ0v) is 17.9. The first-order chi connectivity index (χ1) is 14.0. The maximum atomic E-state index is 13.2. The quantitative estimate of drug-likeness (QED) is 0.684. The van der Waals surface area contributed by atoms with Crippen molar-refractivity contribution in [1.82, 2.24) is 4.90 Å². The molecule has 2 N–H and O–H groups in total. The van der Waals surface area contributed by atoms with E-state index in [0.29, 0.717) is 44.7 Å². The van der Waals surface area contributed by atoms with Gasteiger partial charge in [-0.2, -0.15) is 13.2 Å². The highest BCUT2D eigenvalue weighted by atomic mass is 19.4. The van der Waals surface area contributed by atoms with Gasteiger partial charge in [0.05, 0.1) is 5.56 Å². The van der Waals surface area contributed by atoms with Gasteiger partial charge in [-0.1, -0.05) is 33.3 Å². The van der Waals surface area contributed by atoms with Gasteiger partial charge in [0.2, 0.25) is 11.8 Å². The summed E-state index contributed by atoms with van der Waals surface area (Å²) in [4.78, 5) is 28.8. The number of benzene rings is 1. The maximum Gasteiger partial charge on any atom is 0.416 e. The number of piperazine rings is 1. The van der Waals surface area contributed by atoms with Gasteiger partial charge in [-0.05, 0) is 37.0 Å². The number of hydrogen-bond acceptors (Lipinski definition) is 3. The number of rotatable bonds is 8. The minimum Gasteiger partial charge on any atom is -0.369 e. The van der Waals surface area contributed by atoms with E-state index in [0.717, 1.165) is 18.6 Å². The van der Waals surface area contributed by atoms with E-state index < -0.39 is 29.5 Å². The van der Waals surface area contributed by atoms with Crippen molar-refractivity contribution in [3.63, 3.8) is 0 Å². The van der Waals surface area contributed by atoms with Crippen LogP contribution in [-0.4, -0.2) is 42.9 Å². The van der Waals surface area contributed by atoms with Crippen LogP contribution in [-0.2, 0) is 15.8 Å². The Hall–Kier alpha value is -2.25. The largest absolute Gasteiger partial charge is 0.416 e. The SMILES string of the molecule is CCCC(C(N)=O)C(CC(C)C)C(=O)N1CCN(c2cccc(C(F)(F)F)c2)CC1. The Morgan fingerprint density at radius 2 is 1.73 bits per heavy atom. The van der Waals surface area contributed by atoms with Crippen LogP contribution in [0.25, 0.3) is 0 Å². The van der Waals surface area contributed by atoms with Crippen LogP contribution in [0.15, 0.2) is 24.3 Å². The molecule has 30 heavy (non-hydrogen) atoms. The van der Waals surface area contributed by atoms with Crippen molar-refractivity contribution in [3.05, 3.63) is 29.8 Å². The molecule has 2 unspecified atom stereocenters. The molecular formula is C22H32F3N3O2. The second-order valence-corrected chi connectivity index (χ2v) is 8.39. The van der Waals surface area contributed by atoms with Crippen molar-refractivity contribution in [2.24, 2.45) is 23.5 Å². The van der Waals surface area contributed by atoms with Gasteiger partial charge in [-0.3, -0.25) is 9.59 Å². The summed E-state index contributed by atoms with van der Waals surface area (Å²) in [5.41, 5.74) is 5.42. The molecule has 2 atom stereocenters. The Kier molecular flexibility index (Phi) is 8.15. The number of halogens is 3. The van der Waals surface area contributed by atoms with Crippen molar-refractivity contribution in [2.45, 2.75) is 46.2 Å². The van der Waals surface area contributed by atoms with Crippen molar-refractivity contribution >= 4 is 17.5 Å². The summed E-state index contributed by atoms with van der Waals surface area (Å²) in [6.07, 6.45) is -2.47. The van der Waals surface area contributed by atoms with Crippen LogP contribution < -0.4 is 10.6 Å². The van der Waals surface area contributed by atoms with Gasteiger partial charge in [0.1, 0.15) is 0 Å². The first kappa shape index (κ1) is 24.0. The van der Waals surface area contributed by atoms with Crippen molar-refractivity contribution in [1.29, 1.82) is 0 Å². The molecule has 2 rings (SSSR count). The molecule has 2 amide bonds. The van der Waals surface area contributed by atoms with Crippen LogP contribution in [0, 0.1) is 17.8 Å². The minimum absolute atomic E-state index is 0.0790. The van der Waals surface area contributed by atoms with Gasteiger partial charge in [-0.15, -0.1) is 0 Å². The van der Waals surface area contributed by atoms with E-state index in [9.17, 15) is 22.8 Å². The third kappa shape index (κ3) is 6.12. The predicted octanol–water partition coefficient (Wildman–Crippen LogP) is 3.92. The van der Waals surface area contributed by atoms with Crippen molar-refractivity contribution in [3.8, 4) is 0 Å². The third-order valence-electron chi connectivity index (χ3n) is 5.62. The average Bonchev–Trinajstić information content (AvgIpc) is 2.69. The molecule has 5 nitrogen and oxygen atoms in total. The lowest BCUT2D eigenvalue weighted by Gasteiger charge is -2.39. The molecule has 0 radical (unpaired) electrons. The summed E-state index contributed by atoms with van der Waals surface area (Å²) in [5, 5.41) is 0. The van der Waals surface area contributed by atoms with Gasteiger partial charge in [0.15, 0.2) is 0 Å². The number of carbonyl (C=O) groups is 2. The smallest absolute Gasteiger partial charge is 0.369 e. The Morgan fingerprint density at radius 1 is 1.10 bits per heavy atom. The van der Waals surface area contributed by atoms with Crippen LogP contribution in [0.5, 0.6) is 0 Å². The van der Waals surface area contributed by atoms with E-state index in [-0.39, 0.29) is 11.8 Å². The number of nitrogens with zero attached hydrogens (tertiary/aromatic N) is 2. The molecule has 1 aliphatic heterocycles. The summed E-state index contributed by atoms with van der Waals surface area (Å²) >= 11 is 0. The Bertz CT molecular complexity index is 729. The number of primary amides is 1. The van der Waals surface area contributed by atoms with E-state index in [4.69, 9.17) is 5.73 Å². The molecule has 1 aromatic carbocycles. The Labute approximate surface area is 176 Å². The van der Waals surface area contributed by atoms with Gasteiger partial charge < -0.3 is 15.5 Å². The average molecular weight is 428 g/mol. The second-order valence-electron chi connectivity index (χ2n) is 8.39. The molecule has 168 valence electrons. The van der Waals surface area contributed by atoms with Gasteiger partial charge in [-0.25, -0.2) is 0 Å². The monoisotopic (exact) mass is 427 g/mol. The van der Waals surface area contributed by atoms with E-state index in [1.165, 1.54) is 6.07 Å². The molecule has 0 aromatic heterocycles. The molecule has 0 bridgehead atoms. The third-order valence-corrected chi connectivity index (χ3v) is 5.62. The molecule has 1 saturated heterocycles. The molecule has 1 fully saturated rings. The minimum atomic E-state index is -4.39. The van der Waals surface area contributed by atoms with Crippen LogP contribution in [0.3, 0.4) is 0 Å². The molecule has 0 saturated carbocycles. The molecule has 8 heteroatoms. The topological polar surface area (TPSA) is 66.6 Å². The second kappa shape index (κ2) is 10.2. The first-order valence-electron chi connectivity index (χ1n) is 10.5. The highest BCUT2D eigenvalue weighted by molar-refractivity contribution is 5.87. The summed E-state index contributed by atoms with van der Waals surface area (Å²) < 4.78 is 39.0.